The molecule has 0 radical (unpaired) electrons. The molecule has 1 N–H and O–H groups in total. The predicted molar refractivity (Wildman–Crippen MR) is 99.2 cm³/mol. The fourth-order valence-electron chi connectivity index (χ4n) is 2.13. The van der Waals surface area contributed by atoms with Crippen molar-refractivity contribution in [1.29, 1.82) is 0 Å². The molecule has 2 aromatic carbocycles. The fraction of sp³-hybridized carbons (Fsp3) is 0.167. The summed E-state index contributed by atoms with van der Waals surface area (Å²) in [6, 6.07) is 20.1. The van der Waals surface area contributed by atoms with Gasteiger partial charge >= 0.3 is 0 Å². The molecule has 0 spiro atoms. The summed E-state index contributed by atoms with van der Waals surface area (Å²) in [6.45, 7) is 0.648. The smallest absolute Gasteiger partial charge is 0.230 e. The van der Waals surface area contributed by atoms with E-state index in [1.807, 2.05) is 48.5 Å². The van der Waals surface area contributed by atoms with Gasteiger partial charge in [0.2, 0.25) is 5.91 Å². The van der Waals surface area contributed by atoms with Gasteiger partial charge in [0.15, 0.2) is 4.34 Å². The van der Waals surface area contributed by atoms with Crippen LogP contribution in [-0.4, -0.2) is 28.4 Å². The zero-order valence-electron chi connectivity index (χ0n) is 13.0. The minimum Gasteiger partial charge on any atom is -0.355 e. The van der Waals surface area contributed by atoms with E-state index >= 15 is 0 Å². The fourth-order valence-corrected chi connectivity index (χ4v) is 3.82. The third-order valence-electron chi connectivity index (χ3n) is 3.33. The molecule has 0 aliphatic carbocycles. The summed E-state index contributed by atoms with van der Waals surface area (Å²) in [4.78, 5) is 11.9. The molecule has 0 unspecified atom stereocenters. The van der Waals surface area contributed by atoms with Gasteiger partial charge in [-0.05, 0) is 12.0 Å². The molecule has 3 aromatic rings. The van der Waals surface area contributed by atoms with Crippen LogP contribution in [0.2, 0.25) is 0 Å². The van der Waals surface area contributed by atoms with Crippen molar-refractivity contribution in [2.75, 3.05) is 12.3 Å². The average molecular weight is 355 g/mol. The second-order valence-corrected chi connectivity index (χ2v) is 7.31. The topological polar surface area (TPSA) is 54.9 Å². The van der Waals surface area contributed by atoms with Crippen molar-refractivity contribution in [3.8, 4) is 10.6 Å². The molecule has 122 valence electrons. The van der Waals surface area contributed by atoms with E-state index < -0.39 is 0 Å². The van der Waals surface area contributed by atoms with Gasteiger partial charge in [-0.25, -0.2) is 0 Å². The summed E-state index contributed by atoms with van der Waals surface area (Å²) < 4.78 is 0.812. The van der Waals surface area contributed by atoms with Crippen LogP contribution in [0, 0.1) is 0 Å². The highest BCUT2D eigenvalue weighted by molar-refractivity contribution is 8.01. The first kappa shape index (κ1) is 16.7. The van der Waals surface area contributed by atoms with Gasteiger partial charge in [-0.2, -0.15) is 0 Å². The van der Waals surface area contributed by atoms with E-state index in [1.165, 1.54) is 28.7 Å². The molecule has 0 saturated heterocycles. The maximum Gasteiger partial charge on any atom is 0.230 e. The Labute approximate surface area is 149 Å². The van der Waals surface area contributed by atoms with Crippen LogP contribution in [0.3, 0.4) is 0 Å². The first-order chi connectivity index (χ1) is 11.8. The molecule has 0 saturated carbocycles. The van der Waals surface area contributed by atoms with Gasteiger partial charge in [-0.15, -0.1) is 10.2 Å². The molecule has 0 aliphatic rings. The van der Waals surface area contributed by atoms with Crippen molar-refractivity contribution in [3.05, 3.63) is 66.2 Å². The van der Waals surface area contributed by atoms with Crippen LogP contribution >= 0.6 is 23.1 Å². The number of amides is 1. The van der Waals surface area contributed by atoms with E-state index in [4.69, 9.17) is 0 Å². The van der Waals surface area contributed by atoms with Gasteiger partial charge in [-0.3, -0.25) is 4.79 Å². The molecular weight excluding hydrogens is 338 g/mol. The highest BCUT2D eigenvalue weighted by atomic mass is 32.2. The highest BCUT2D eigenvalue weighted by Crippen LogP contribution is 2.28. The van der Waals surface area contributed by atoms with Gasteiger partial charge in [0, 0.05) is 12.1 Å². The van der Waals surface area contributed by atoms with E-state index in [0.29, 0.717) is 12.3 Å². The van der Waals surface area contributed by atoms with Crippen molar-refractivity contribution >= 4 is 29.0 Å². The lowest BCUT2D eigenvalue weighted by atomic mass is 10.1. The van der Waals surface area contributed by atoms with Gasteiger partial charge in [0.05, 0.1) is 5.75 Å². The largest absolute Gasteiger partial charge is 0.355 e. The summed E-state index contributed by atoms with van der Waals surface area (Å²) in [5.41, 5.74) is 2.27. The Kier molecular flexibility index (Phi) is 5.98. The van der Waals surface area contributed by atoms with Crippen LogP contribution in [0.5, 0.6) is 0 Å². The lowest BCUT2D eigenvalue weighted by molar-refractivity contribution is -0.118. The summed E-state index contributed by atoms with van der Waals surface area (Å²) >= 11 is 2.93. The number of carbonyl (C=O) groups is 1. The predicted octanol–water partition coefficient (Wildman–Crippen LogP) is 3.66. The molecule has 0 fully saturated rings. The van der Waals surface area contributed by atoms with Crippen molar-refractivity contribution < 1.29 is 4.79 Å². The maximum atomic E-state index is 11.9. The van der Waals surface area contributed by atoms with Gasteiger partial charge in [0.25, 0.3) is 0 Å². The number of benzene rings is 2. The van der Waals surface area contributed by atoms with E-state index in [2.05, 4.69) is 27.6 Å². The second kappa shape index (κ2) is 8.61. The number of hydrogen-bond acceptors (Lipinski definition) is 5. The molecule has 1 amide bonds. The van der Waals surface area contributed by atoms with Gasteiger partial charge < -0.3 is 5.32 Å². The van der Waals surface area contributed by atoms with Crippen LogP contribution in [0.4, 0.5) is 0 Å². The Morgan fingerprint density at radius 2 is 1.71 bits per heavy atom. The number of carbonyl (C=O) groups excluding carboxylic acids is 1. The molecule has 6 heteroatoms. The standard InChI is InChI=1S/C18H17N3OS2/c22-16(19-12-11-14-7-3-1-4-8-14)13-23-18-21-20-17(24-18)15-9-5-2-6-10-15/h1-10H,11-13H2,(H,19,22). The van der Waals surface area contributed by atoms with Crippen LogP contribution in [-0.2, 0) is 11.2 Å². The number of aromatic nitrogens is 2. The van der Waals surface area contributed by atoms with Crippen LogP contribution in [0.15, 0.2) is 65.0 Å². The zero-order chi connectivity index (χ0) is 16.6. The first-order valence-electron chi connectivity index (χ1n) is 7.63. The molecular formula is C18H17N3OS2. The Hall–Kier alpha value is -2.18. The summed E-state index contributed by atoms with van der Waals surface area (Å²) in [5.74, 6) is 0.380. The molecule has 0 aliphatic heterocycles. The molecule has 3 rings (SSSR count). The number of nitrogens with one attached hydrogen (secondary N) is 1. The van der Waals surface area contributed by atoms with Crippen molar-refractivity contribution in [3.63, 3.8) is 0 Å². The molecule has 4 nitrogen and oxygen atoms in total. The Morgan fingerprint density at radius 1 is 1.00 bits per heavy atom. The van der Waals surface area contributed by atoms with E-state index in [-0.39, 0.29) is 5.91 Å². The molecule has 0 atom stereocenters. The molecule has 1 aromatic heterocycles. The summed E-state index contributed by atoms with van der Waals surface area (Å²) in [5, 5.41) is 12.1. The molecule has 1 heterocycles. The van der Waals surface area contributed by atoms with E-state index in [1.54, 1.807) is 0 Å². The quantitative estimate of drug-likeness (QED) is 0.657. The molecule has 24 heavy (non-hydrogen) atoms. The highest BCUT2D eigenvalue weighted by Gasteiger charge is 2.09. The number of nitrogens with zero attached hydrogens (tertiary/aromatic N) is 2. The Balaban J connectivity index is 1.42. The monoisotopic (exact) mass is 355 g/mol. The van der Waals surface area contributed by atoms with Crippen molar-refractivity contribution in [2.45, 2.75) is 10.8 Å². The first-order valence-corrected chi connectivity index (χ1v) is 9.44. The van der Waals surface area contributed by atoms with E-state index in [9.17, 15) is 4.79 Å². The van der Waals surface area contributed by atoms with Crippen LogP contribution < -0.4 is 5.32 Å². The summed E-state index contributed by atoms with van der Waals surface area (Å²) in [7, 11) is 0. The second-order valence-electron chi connectivity index (χ2n) is 5.11. The van der Waals surface area contributed by atoms with Gasteiger partial charge in [-0.1, -0.05) is 83.8 Å². The van der Waals surface area contributed by atoms with Crippen molar-refractivity contribution in [2.24, 2.45) is 0 Å². The third-order valence-corrected chi connectivity index (χ3v) is 5.44. The summed E-state index contributed by atoms with van der Waals surface area (Å²) in [6.07, 6.45) is 0.841. The normalized spacial score (nSPS) is 10.5. The number of rotatable bonds is 7. The maximum absolute atomic E-state index is 11.9. The van der Waals surface area contributed by atoms with Gasteiger partial charge in [0.1, 0.15) is 5.01 Å². The minimum absolute atomic E-state index is 0.0207. The zero-order valence-corrected chi connectivity index (χ0v) is 14.6. The molecule has 0 bridgehead atoms. The lowest BCUT2D eigenvalue weighted by Gasteiger charge is -2.04. The van der Waals surface area contributed by atoms with Crippen molar-refractivity contribution in [1.82, 2.24) is 15.5 Å². The Bertz CT molecular complexity index is 775. The number of hydrogen-bond donors (Lipinski definition) is 1. The van der Waals surface area contributed by atoms with Crippen LogP contribution in [0.1, 0.15) is 5.56 Å². The van der Waals surface area contributed by atoms with E-state index in [0.717, 1.165) is 21.3 Å². The van der Waals surface area contributed by atoms with Crippen LogP contribution in [0.25, 0.3) is 10.6 Å². The SMILES string of the molecule is O=C(CSc1nnc(-c2ccccc2)s1)NCCc1ccccc1. The third kappa shape index (κ3) is 4.91. The lowest BCUT2D eigenvalue weighted by Crippen LogP contribution is -2.27. The number of thioether (sulfide) groups is 1. The average Bonchev–Trinajstić information content (AvgIpc) is 3.11. The Morgan fingerprint density at radius 3 is 2.46 bits per heavy atom. The minimum atomic E-state index is 0.0207.